The topological polar surface area (TPSA) is 95.6 Å². The summed E-state index contributed by atoms with van der Waals surface area (Å²) in [5, 5.41) is 2.16. The molecule has 1 saturated heterocycles. The van der Waals surface area contributed by atoms with Crippen molar-refractivity contribution in [2.45, 2.75) is 37.8 Å². The molecule has 8 heteroatoms. The minimum absolute atomic E-state index is 0.0398. The number of carbonyl (C=O) groups excluding carboxylic acids is 2. The summed E-state index contributed by atoms with van der Waals surface area (Å²) in [7, 11) is -3.81. The first-order valence-corrected chi connectivity index (χ1v) is 11.6. The molecule has 0 aliphatic carbocycles. The van der Waals surface area contributed by atoms with Crippen molar-refractivity contribution in [1.82, 2.24) is 14.9 Å². The number of piperidine rings is 1. The first-order chi connectivity index (χ1) is 14.3. The Bertz CT molecular complexity index is 1070. The van der Waals surface area contributed by atoms with Crippen LogP contribution in [0.2, 0.25) is 0 Å². The Morgan fingerprint density at radius 1 is 0.967 bits per heavy atom. The van der Waals surface area contributed by atoms with E-state index in [9.17, 15) is 18.0 Å². The molecular formula is C22H25N3O4S. The molecule has 0 bridgehead atoms. The summed E-state index contributed by atoms with van der Waals surface area (Å²) in [5.41, 5.74) is 2.34. The van der Waals surface area contributed by atoms with E-state index in [1.54, 1.807) is 0 Å². The number of fused-ring (bicyclic) bond motifs is 1. The minimum Gasteiger partial charge on any atom is -0.299 e. The molecule has 2 aliphatic heterocycles. The third kappa shape index (κ3) is 4.45. The van der Waals surface area contributed by atoms with Gasteiger partial charge in [0.15, 0.2) is 0 Å². The molecule has 4 rings (SSSR count). The predicted octanol–water partition coefficient (Wildman–Crippen LogP) is 2.28. The van der Waals surface area contributed by atoms with E-state index in [1.807, 2.05) is 24.3 Å². The summed E-state index contributed by atoms with van der Waals surface area (Å²) >= 11 is 0. The molecule has 158 valence electrons. The average Bonchev–Trinajstić information content (AvgIpc) is 3.02. The summed E-state index contributed by atoms with van der Waals surface area (Å²) in [6.07, 6.45) is 2.47. The van der Waals surface area contributed by atoms with Gasteiger partial charge in [-0.15, -0.1) is 0 Å². The van der Waals surface area contributed by atoms with Crippen molar-refractivity contribution in [3.8, 4) is 0 Å². The molecule has 2 amide bonds. The molecule has 0 unspecified atom stereocenters. The highest BCUT2D eigenvalue weighted by molar-refractivity contribution is 7.89. The van der Waals surface area contributed by atoms with Crippen LogP contribution in [0.3, 0.4) is 0 Å². The van der Waals surface area contributed by atoms with Crippen LogP contribution in [-0.2, 0) is 23.1 Å². The average molecular weight is 428 g/mol. The number of sulfonamides is 1. The van der Waals surface area contributed by atoms with Crippen LogP contribution in [0, 0.1) is 5.92 Å². The van der Waals surface area contributed by atoms with Crippen LogP contribution in [0.4, 0.5) is 0 Å². The van der Waals surface area contributed by atoms with Crippen molar-refractivity contribution in [3.05, 3.63) is 64.7 Å². The molecule has 0 spiro atoms. The second-order valence-electron chi connectivity index (χ2n) is 8.09. The van der Waals surface area contributed by atoms with E-state index in [0.717, 1.165) is 31.1 Å². The summed E-state index contributed by atoms with van der Waals surface area (Å²) in [6, 6.07) is 11.9. The lowest BCUT2D eigenvalue weighted by atomic mass is 9.99. The van der Waals surface area contributed by atoms with E-state index < -0.39 is 21.8 Å². The number of hydrogen-bond donors (Lipinski definition) is 2. The molecule has 2 heterocycles. The largest absolute Gasteiger partial charge is 0.299 e. The fraction of sp³-hybridized carbons (Fsp3) is 0.364. The van der Waals surface area contributed by atoms with Crippen LogP contribution in [0.5, 0.6) is 0 Å². The fourth-order valence-electron chi connectivity index (χ4n) is 3.82. The van der Waals surface area contributed by atoms with E-state index in [0.29, 0.717) is 0 Å². The monoisotopic (exact) mass is 427 g/mol. The minimum atomic E-state index is -3.81. The molecule has 0 saturated carbocycles. The standard InChI is InChI=1S/C22H25N3O4S/c1-15-8-10-25(11-9-15)14-17-4-2-16(3-5-17)13-23-30(28,29)18-6-7-19-20(12-18)22(27)24-21(19)26/h2-7,12,15,23H,8-11,13-14H2,1H3,(H,24,26,27). The van der Waals surface area contributed by atoms with Crippen LogP contribution in [0.1, 0.15) is 51.6 Å². The Morgan fingerprint density at radius 3 is 2.30 bits per heavy atom. The van der Waals surface area contributed by atoms with Gasteiger partial charge in [0.2, 0.25) is 10.0 Å². The molecule has 2 aromatic carbocycles. The quantitative estimate of drug-likeness (QED) is 0.690. The number of imide groups is 1. The number of carbonyl (C=O) groups is 2. The zero-order chi connectivity index (χ0) is 21.3. The van der Waals surface area contributed by atoms with Crippen LogP contribution >= 0.6 is 0 Å². The van der Waals surface area contributed by atoms with Gasteiger partial charge in [0.05, 0.1) is 16.0 Å². The molecular weight excluding hydrogens is 402 g/mol. The van der Waals surface area contributed by atoms with Crippen molar-refractivity contribution in [2.75, 3.05) is 13.1 Å². The molecule has 0 atom stereocenters. The molecule has 0 radical (unpaired) electrons. The molecule has 30 heavy (non-hydrogen) atoms. The van der Waals surface area contributed by atoms with Gasteiger partial charge in [-0.3, -0.25) is 19.8 Å². The Labute approximate surface area is 176 Å². The van der Waals surface area contributed by atoms with Gasteiger partial charge in [-0.2, -0.15) is 0 Å². The second-order valence-corrected chi connectivity index (χ2v) is 9.86. The van der Waals surface area contributed by atoms with Gasteiger partial charge in [0.1, 0.15) is 0 Å². The van der Waals surface area contributed by atoms with Crippen molar-refractivity contribution in [2.24, 2.45) is 5.92 Å². The zero-order valence-corrected chi connectivity index (χ0v) is 17.7. The molecule has 2 aliphatic rings. The lowest BCUT2D eigenvalue weighted by molar-refractivity contribution is 0.0879. The molecule has 1 fully saturated rings. The lowest BCUT2D eigenvalue weighted by Gasteiger charge is -2.30. The van der Waals surface area contributed by atoms with Crippen molar-refractivity contribution < 1.29 is 18.0 Å². The second kappa shape index (κ2) is 8.29. The van der Waals surface area contributed by atoms with Gasteiger partial charge in [-0.05, 0) is 61.2 Å². The first-order valence-electron chi connectivity index (χ1n) is 10.1. The van der Waals surface area contributed by atoms with Crippen LogP contribution in [-0.4, -0.2) is 38.2 Å². The van der Waals surface area contributed by atoms with E-state index in [4.69, 9.17) is 0 Å². The third-order valence-corrected chi connectivity index (χ3v) is 7.19. The number of hydrogen-bond acceptors (Lipinski definition) is 5. The molecule has 2 aromatic rings. The highest BCUT2D eigenvalue weighted by Crippen LogP contribution is 2.21. The van der Waals surface area contributed by atoms with Crippen molar-refractivity contribution >= 4 is 21.8 Å². The van der Waals surface area contributed by atoms with Gasteiger partial charge in [0.25, 0.3) is 11.8 Å². The Kier molecular flexibility index (Phi) is 5.73. The normalized spacial score (nSPS) is 17.8. The fourth-order valence-corrected chi connectivity index (χ4v) is 4.86. The number of amides is 2. The van der Waals surface area contributed by atoms with Gasteiger partial charge < -0.3 is 0 Å². The number of rotatable bonds is 6. The molecule has 0 aromatic heterocycles. The maximum Gasteiger partial charge on any atom is 0.258 e. The number of benzene rings is 2. The molecule has 7 nitrogen and oxygen atoms in total. The van der Waals surface area contributed by atoms with Crippen LogP contribution < -0.4 is 10.0 Å². The summed E-state index contributed by atoms with van der Waals surface area (Å²) in [4.78, 5) is 25.8. The van der Waals surface area contributed by atoms with E-state index in [1.165, 1.54) is 36.6 Å². The third-order valence-electron chi connectivity index (χ3n) is 5.79. The smallest absolute Gasteiger partial charge is 0.258 e. The lowest BCUT2D eigenvalue weighted by Crippen LogP contribution is -2.32. The Morgan fingerprint density at radius 2 is 1.60 bits per heavy atom. The Hall–Kier alpha value is -2.55. The Balaban J connectivity index is 1.38. The van der Waals surface area contributed by atoms with E-state index in [-0.39, 0.29) is 22.6 Å². The van der Waals surface area contributed by atoms with Gasteiger partial charge in [-0.1, -0.05) is 31.2 Å². The summed E-state index contributed by atoms with van der Waals surface area (Å²) < 4.78 is 27.8. The summed E-state index contributed by atoms with van der Waals surface area (Å²) in [6.45, 7) is 5.59. The van der Waals surface area contributed by atoms with Gasteiger partial charge in [0, 0.05) is 13.1 Å². The van der Waals surface area contributed by atoms with E-state index >= 15 is 0 Å². The van der Waals surface area contributed by atoms with Gasteiger partial charge in [-0.25, -0.2) is 13.1 Å². The van der Waals surface area contributed by atoms with E-state index in [2.05, 4.69) is 21.9 Å². The van der Waals surface area contributed by atoms with Gasteiger partial charge >= 0.3 is 0 Å². The highest BCUT2D eigenvalue weighted by atomic mass is 32.2. The molecule has 2 N–H and O–H groups in total. The number of likely N-dealkylation sites (tertiary alicyclic amines) is 1. The maximum atomic E-state index is 12.6. The summed E-state index contributed by atoms with van der Waals surface area (Å²) in [5.74, 6) is -0.283. The van der Waals surface area contributed by atoms with Crippen LogP contribution in [0.15, 0.2) is 47.4 Å². The number of nitrogens with zero attached hydrogens (tertiary/aromatic N) is 1. The number of nitrogens with one attached hydrogen (secondary N) is 2. The predicted molar refractivity (Wildman–Crippen MR) is 112 cm³/mol. The van der Waals surface area contributed by atoms with Crippen molar-refractivity contribution in [1.29, 1.82) is 0 Å². The first kappa shape index (κ1) is 20.7. The maximum absolute atomic E-state index is 12.6. The SMILES string of the molecule is CC1CCN(Cc2ccc(CNS(=O)(=O)c3ccc4c(c3)C(=O)NC4=O)cc2)CC1. The van der Waals surface area contributed by atoms with Crippen LogP contribution in [0.25, 0.3) is 0 Å². The zero-order valence-electron chi connectivity index (χ0n) is 16.8. The highest BCUT2D eigenvalue weighted by Gasteiger charge is 2.28. The van der Waals surface area contributed by atoms with Crippen molar-refractivity contribution in [3.63, 3.8) is 0 Å².